The summed E-state index contributed by atoms with van der Waals surface area (Å²) >= 11 is 0. The number of nitro benzene ring substituents is 1. The molecule has 1 saturated heterocycles. The molecule has 6 heteroatoms. The first-order valence-electron chi connectivity index (χ1n) is 7.15. The Morgan fingerprint density at radius 3 is 2.71 bits per heavy atom. The fourth-order valence-corrected chi connectivity index (χ4v) is 2.80. The van der Waals surface area contributed by atoms with E-state index in [2.05, 4.69) is 12.4 Å². The van der Waals surface area contributed by atoms with Gasteiger partial charge in [-0.1, -0.05) is 0 Å². The van der Waals surface area contributed by atoms with Crippen molar-refractivity contribution in [3.8, 4) is 11.3 Å². The summed E-state index contributed by atoms with van der Waals surface area (Å²) in [6, 6.07) is 10.4. The molecule has 2 unspecified atom stereocenters. The van der Waals surface area contributed by atoms with Gasteiger partial charge >= 0.3 is 0 Å². The van der Waals surface area contributed by atoms with Crippen LogP contribution in [0.25, 0.3) is 11.3 Å². The normalized spacial score (nSPS) is 22.1. The smallest absolute Gasteiger partial charge is 0.271 e. The monoisotopic (exact) mass is 289 g/mol. The predicted molar refractivity (Wildman–Crippen MR) is 76.7 cm³/mol. The lowest BCUT2D eigenvalue weighted by molar-refractivity contribution is -1.05. The molecule has 6 nitrogen and oxygen atoms in total. The minimum absolute atomic E-state index is 0.0929. The average molecular weight is 289 g/mol. The van der Waals surface area contributed by atoms with E-state index >= 15 is 0 Å². The Labute approximate surface area is 122 Å². The van der Waals surface area contributed by atoms with Crippen LogP contribution < -0.4 is 10.2 Å². The highest BCUT2D eigenvalue weighted by molar-refractivity contribution is 5.59. The van der Waals surface area contributed by atoms with Crippen LogP contribution in [0.3, 0.4) is 0 Å². The number of quaternary nitrogens is 2. The van der Waals surface area contributed by atoms with Crippen molar-refractivity contribution >= 4 is 5.69 Å². The predicted octanol–water partition coefficient (Wildman–Crippen LogP) is 0.335. The Kier molecular flexibility index (Phi) is 3.72. The second-order valence-corrected chi connectivity index (χ2v) is 5.46. The SMILES string of the molecule is C[NH+]1CCC[NH2+]C1c1ccc(-c2ccc([N+](=O)[O-])cc2)o1. The molecule has 21 heavy (non-hydrogen) atoms. The molecule has 0 aliphatic carbocycles. The van der Waals surface area contributed by atoms with Gasteiger partial charge in [0.25, 0.3) is 11.9 Å². The third kappa shape index (κ3) is 2.81. The third-order valence-electron chi connectivity index (χ3n) is 4.00. The number of nitrogens with two attached hydrogens (primary N) is 1. The molecule has 0 saturated carbocycles. The zero-order valence-corrected chi connectivity index (χ0v) is 11.9. The molecule has 3 rings (SSSR count). The van der Waals surface area contributed by atoms with Crippen molar-refractivity contribution in [2.24, 2.45) is 0 Å². The van der Waals surface area contributed by atoms with Crippen molar-refractivity contribution in [3.05, 3.63) is 52.3 Å². The number of hydrogen-bond donors (Lipinski definition) is 2. The molecular formula is C15H19N3O3+2. The first-order valence-corrected chi connectivity index (χ1v) is 7.15. The minimum atomic E-state index is -0.396. The second-order valence-electron chi connectivity index (χ2n) is 5.46. The number of non-ortho nitro benzene ring substituents is 1. The van der Waals surface area contributed by atoms with Crippen LogP contribution >= 0.6 is 0 Å². The molecule has 1 fully saturated rings. The van der Waals surface area contributed by atoms with Gasteiger partial charge < -0.3 is 4.42 Å². The van der Waals surface area contributed by atoms with E-state index in [-0.39, 0.29) is 5.69 Å². The van der Waals surface area contributed by atoms with Crippen molar-refractivity contribution in [3.63, 3.8) is 0 Å². The molecule has 2 heterocycles. The summed E-state index contributed by atoms with van der Waals surface area (Å²) in [6.45, 7) is 2.27. The molecule has 0 spiro atoms. The number of rotatable bonds is 3. The Bertz CT molecular complexity index is 636. The maximum absolute atomic E-state index is 10.7. The number of hydrogen-bond acceptors (Lipinski definition) is 3. The summed E-state index contributed by atoms with van der Waals surface area (Å²) in [4.78, 5) is 11.7. The van der Waals surface area contributed by atoms with Gasteiger partial charge in [-0.05, 0) is 24.3 Å². The summed E-state index contributed by atoms with van der Waals surface area (Å²) in [6.07, 6.45) is 1.52. The van der Waals surface area contributed by atoms with E-state index in [4.69, 9.17) is 4.42 Å². The van der Waals surface area contributed by atoms with Gasteiger partial charge in [-0.15, -0.1) is 0 Å². The van der Waals surface area contributed by atoms with Crippen LogP contribution in [-0.4, -0.2) is 25.1 Å². The molecule has 2 aromatic rings. The molecular weight excluding hydrogens is 270 g/mol. The molecule has 1 aromatic carbocycles. The summed E-state index contributed by atoms with van der Waals surface area (Å²) in [7, 11) is 2.17. The molecule has 1 aliphatic rings. The summed E-state index contributed by atoms with van der Waals surface area (Å²) < 4.78 is 5.96. The fraction of sp³-hybridized carbons (Fsp3) is 0.333. The molecule has 1 aliphatic heterocycles. The Hall–Kier alpha value is -2.18. The standard InChI is InChI=1S/C15H17N3O3/c1-17-10-2-9-16-15(17)14-8-7-13(21-14)11-3-5-12(6-4-11)18(19)20/h3-8,15-16H,2,9-10H2,1H3/p+2. The molecule has 1 aromatic heterocycles. The molecule has 0 radical (unpaired) electrons. The second kappa shape index (κ2) is 5.67. The van der Waals surface area contributed by atoms with Crippen molar-refractivity contribution in [2.45, 2.75) is 12.6 Å². The highest BCUT2D eigenvalue weighted by Gasteiger charge is 2.30. The molecule has 110 valence electrons. The third-order valence-corrected chi connectivity index (χ3v) is 4.00. The van der Waals surface area contributed by atoms with E-state index in [1.807, 2.05) is 12.1 Å². The van der Waals surface area contributed by atoms with Crippen molar-refractivity contribution in [1.29, 1.82) is 0 Å². The van der Waals surface area contributed by atoms with Crippen molar-refractivity contribution in [2.75, 3.05) is 20.1 Å². The fourth-order valence-electron chi connectivity index (χ4n) is 2.80. The molecule has 2 atom stereocenters. The van der Waals surface area contributed by atoms with Crippen molar-refractivity contribution < 1.29 is 19.6 Å². The van der Waals surface area contributed by atoms with Gasteiger partial charge in [-0.2, -0.15) is 0 Å². The minimum Gasteiger partial charge on any atom is -0.448 e. The van der Waals surface area contributed by atoms with Gasteiger partial charge in [0.15, 0.2) is 0 Å². The lowest BCUT2D eigenvalue weighted by atomic mass is 10.1. The van der Waals surface area contributed by atoms with Gasteiger partial charge in [0.05, 0.1) is 25.1 Å². The molecule has 0 bridgehead atoms. The van der Waals surface area contributed by atoms with Gasteiger partial charge in [-0.25, -0.2) is 0 Å². The van der Waals surface area contributed by atoms with E-state index in [1.165, 1.54) is 23.5 Å². The maximum Gasteiger partial charge on any atom is 0.271 e. The Morgan fingerprint density at radius 2 is 2.05 bits per heavy atom. The first-order chi connectivity index (χ1) is 10.1. The number of nitro groups is 1. The van der Waals surface area contributed by atoms with Crippen LogP contribution in [0.1, 0.15) is 18.3 Å². The van der Waals surface area contributed by atoms with Gasteiger partial charge in [-0.3, -0.25) is 20.3 Å². The van der Waals surface area contributed by atoms with Crippen LogP contribution in [0.2, 0.25) is 0 Å². The number of nitrogens with zero attached hydrogens (tertiary/aromatic N) is 1. The van der Waals surface area contributed by atoms with E-state index in [0.29, 0.717) is 6.17 Å². The summed E-state index contributed by atoms with van der Waals surface area (Å²) in [5, 5.41) is 13.0. The maximum atomic E-state index is 10.7. The average Bonchev–Trinajstić information content (AvgIpc) is 2.97. The van der Waals surface area contributed by atoms with E-state index < -0.39 is 4.92 Å². The van der Waals surface area contributed by atoms with E-state index in [0.717, 1.165) is 30.2 Å². The van der Waals surface area contributed by atoms with Crippen LogP contribution in [0.5, 0.6) is 0 Å². The largest absolute Gasteiger partial charge is 0.448 e. The molecule has 0 amide bonds. The zero-order chi connectivity index (χ0) is 14.8. The number of nitrogens with one attached hydrogen (secondary N) is 1. The zero-order valence-electron chi connectivity index (χ0n) is 11.9. The Balaban J connectivity index is 1.82. The van der Waals surface area contributed by atoms with Gasteiger partial charge in [0, 0.05) is 24.1 Å². The van der Waals surface area contributed by atoms with E-state index in [1.54, 1.807) is 12.1 Å². The van der Waals surface area contributed by atoms with Crippen LogP contribution in [0, 0.1) is 10.1 Å². The topological polar surface area (TPSA) is 77.3 Å². The van der Waals surface area contributed by atoms with Crippen LogP contribution in [0.4, 0.5) is 5.69 Å². The van der Waals surface area contributed by atoms with Crippen LogP contribution in [-0.2, 0) is 0 Å². The summed E-state index contributed by atoms with van der Waals surface area (Å²) in [5.41, 5.74) is 0.954. The molecule has 3 N–H and O–H groups in total. The lowest BCUT2D eigenvalue weighted by Gasteiger charge is -2.25. The lowest BCUT2D eigenvalue weighted by Crippen LogP contribution is -3.23. The number of furan rings is 1. The summed E-state index contributed by atoms with van der Waals surface area (Å²) in [5.74, 6) is 1.72. The quantitative estimate of drug-likeness (QED) is 0.631. The number of benzene rings is 1. The highest BCUT2D eigenvalue weighted by Crippen LogP contribution is 2.25. The van der Waals surface area contributed by atoms with Crippen LogP contribution in [0.15, 0.2) is 40.8 Å². The van der Waals surface area contributed by atoms with Crippen molar-refractivity contribution in [1.82, 2.24) is 0 Å². The Morgan fingerprint density at radius 1 is 1.29 bits per heavy atom. The van der Waals surface area contributed by atoms with E-state index in [9.17, 15) is 10.1 Å². The van der Waals surface area contributed by atoms with Gasteiger partial charge in [0.2, 0.25) is 5.76 Å². The van der Waals surface area contributed by atoms with Gasteiger partial charge in [0.1, 0.15) is 5.76 Å². The highest BCUT2D eigenvalue weighted by atomic mass is 16.6. The first kappa shape index (κ1) is 13.8.